The SMILES string of the molecule is COCCNS(=O)(=O)c1ccc(C)c(C(=O)NC(C)c2ccc(OC(C)C)c(OC)c2)c1. The second kappa shape index (κ2) is 11.3. The number of aryl methyl sites for hydroxylation is 1. The van der Waals surface area contributed by atoms with Crippen LogP contribution in [-0.2, 0) is 14.8 Å². The Balaban J connectivity index is 2.21. The van der Waals surface area contributed by atoms with Gasteiger partial charge in [0.15, 0.2) is 11.5 Å². The summed E-state index contributed by atoms with van der Waals surface area (Å²) in [5, 5.41) is 2.93. The highest BCUT2D eigenvalue weighted by molar-refractivity contribution is 7.89. The fraction of sp³-hybridized carbons (Fsp3) is 0.435. The predicted molar refractivity (Wildman–Crippen MR) is 123 cm³/mol. The zero-order valence-electron chi connectivity index (χ0n) is 19.4. The smallest absolute Gasteiger partial charge is 0.252 e. The highest BCUT2D eigenvalue weighted by Gasteiger charge is 2.20. The third-order valence-corrected chi connectivity index (χ3v) is 6.22. The van der Waals surface area contributed by atoms with Gasteiger partial charge in [0, 0.05) is 19.2 Å². The van der Waals surface area contributed by atoms with E-state index in [2.05, 4.69) is 10.0 Å². The lowest BCUT2D eigenvalue weighted by Gasteiger charge is -2.19. The molecule has 8 nitrogen and oxygen atoms in total. The molecule has 2 rings (SSSR count). The Hall–Kier alpha value is -2.62. The van der Waals surface area contributed by atoms with Gasteiger partial charge < -0.3 is 19.5 Å². The monoisotopic (exact) mass is 464 g/mol. The second-order valence-electron chi connectivity index (χ2n) is 7.64. The first-order chi connectivity index (χ1) is 15.1. The van der Waals surface area contributed by atoms with Crippen LogP contribution in [0.3, 0.4) is 0 Å². The Bertz CT molecular complexity index is 1040. The van der Waals surface area contributed by atoms with Gasteiger partial charge >= 0.3 is 0 Å². The number of hydrogen-bond acceptors (Lipinski definition) is 6. The van der Waals surface area contributed by atoms with Crippen LogP contribution in [0.1, 0.15) is 48.3 Å². The van der Waals surface area contributed by atoms with Gasteiger partial charge in [0.1, 0.15) is 0 Å². The molecule has 2 aromatic rings. The molecule has 0 aliphatic carbocycles. The van der Waals surface area contributed by atoms with E-state index in [0.717, 1.165) is 5.56 Å². The van der Waals surface area contributed by atoms with Crippen LogP contribution in [0.25, 0.3) is 0 Å². The van der Waals surface area contributed by atoms with E-state index >= 15 is 0 Å². The largest absolute Gasteiger partial charge is 0.493 e. The molecule has 32 heavy (non-hydrogen) atoms. The summed E-state index contributed by atoms with van der Waals surface area (Å²) in [4.78, 5) is 13.0. The number of hydrogen-bond donors (Lipinski definition) is 2. The van der Waals surface area contributed by atoms with Crippen molar-refractivity contribution in [3.63, 3.8) is 0 Å². The van der Waals surface area contributed by atoms with Crippen LogP contribution in [0, 0.1) is 6.92 Å². The maximum Gasteiger partial charge on any atom is 0.252 e. The Kier molecular flexibility index (Phi) is 9.06. The van der Waals surface area contributed by atoms with Crippen molar-refractivity contribution in [2.45, 2.75) is 44.7 Å². The molecule has 0 fully saturated rings. The average molecular weight is 465 g/mol. The van der Waals surface area contributed by atoms with Crippen LogP contribution >= 0.6 is 0 Å². The average Bonchev–Trinajstić information content (AvgIpc) is 2.73. The van der Waals surface area contributed by atoms with Crippen LogP contribution in [0.2, 0.25) is 0 Å². The van der Waals surface area contributed by atoms with Crippen molar-refractivity contribution in [3.8, 4) is 11.5 Å². The van der Waals surface area contributed by atoms with Gasteiger partial charge in [0.25, 0.3) is 5.91 Å². The van der Waals surface area contributed by atoms with E-state index in [1.165, 1.54) is 19.2 Å². The third kappa shape index (κ3) is 6.69. The number of carbonyl (C=O) groups is 1. The van der Waals surface area contributed by atoms with Gasteiger partial charge in [-0.1, -0.05) is 12.1 Å². The van der Waals surface area contributed by atoms with Crippen LogP contribution in [0.15, 0.2) is 41.3 Å². The molecule has 1 atom stereocenters. The summed E-state index contributed by atoms with van der Waals surface area (Å²) in [6.07, 6.45) is 0.00222. The summed E-state index contributed by atoms with van der Waals surface area (Å²) in [6.45, 7) is 7.86. The molecule has 0 aromatic heterocycles. The zero-order chi connectivity index (χ0) is 23.9. The molecule has 1 unspecified atom stereocenters. The lowest BCUT2D eigenvalue weighted by molar-refractivity contribution is 0.0939. The number of ether oxygens (including phenoxy) is 3. The molecule has 0 heterocycles. The number of rotatable bonds is 11. The normalized spacial score (nSPS) is 12.5. The molecule has 0 spiro atoms. The molecule has 2 aromatic carbocycles. The Morgan fingerprint density at radius 1 is 1.03 bits per heavy atom. The van der Waals surface area contributed by atoms with Crippen molar-refractivity contribution in [3.05, 3.63) is 53.1 Å². The summed E-state index contributed by atoms with van der Waals surface area (Å²) in [5.41, 5.74) is 1.79. The van der Waals surface area contributed by atoms with Crippen molar-refractivity contribution in [1.82, 2.24) is 10.0 Å². The fourth-order valence-corrected chi connectivity index (χ4v) is 4.08. The van der Waals surface area contributed by atoms with E-state index < -0.39 is 10.0 Å². The zero-order valence-corrected chi connectivity index (χ0v) is 20.2. The first-order valence-electron chi connectivity index (χ1n) is 10.3. The molecule has 1 amide bonds. The minimum absolute atomic E-state index is 0.00222. The van der Waals surface area contributed by atoms with Crippen molar-refractivity contribution in [2.24, 2.45) is 0 Å². The van der Waals surface area contributed by atoms with E-state index in [0.29, 0.717) is 17.1 Å². The van der Waals surface area contributed by atoms with Crippen molar-refractivity contribution >= 4 is 15.9 Å². The maximum atomic E-state index is 13.0. The molecule has 2 N–H and O–H groups in total. The Morgan fingerprint density at radius 3 is 2.38 bits per heavy atom. The van der Waals surface area contributed by atoms with Crippen molar-refractivity contribution in [1.29, 1.82) is 0 Å². The van der Waals surface area contributed by atoms with Gasteiger partial charge in [-0.15, -0.1) is 0 Å². The number of nitrogens with one attached hydrogen (secondary N) is 2. The fourth-order valence-electron chi connectivity index (χ4n) is 3.04. The van der Waals surface area contributed by atoms with E-state index in [1.807, 2.05) is 32.9 Å². The third-order valence-electron chi connectivity index (χ3n) is 4.76. The van der Waals surface area contributed by atoms with Crippen molar-refractivity contribution < 1.29 is 27.4 Å². The molecule has 0 bridgehead atoms. The van der Waals surface area contributed by atoms with Crippen LogP contribution in [0.5, 0.6) is 11.5 Å². The number of amides is 1. The second-order valence-corrected chi connectivity index (χ2v) is 9.41. The number of carbonyl (C=O) groups excluding carboxylic acids is 1. The first kappa shape index (κ1) is 25.6. The lowest BCUT2D eigenvalue weighted by atomic mass is 10.1. The van der Waals surface area contributed by atoms with Gasteiger partial charge in [-0.3, -0.25) is 4.79 Å². The quantitative estimate of drug-likeness (QED) is 0.495. The number of sulfonamides is 1. The van der Waals surface area contributed by atoms with Gasteiger partial charge in [-0.25, -0.2) is 13.1 Å². The van der Waals surface area contributed by atoms with Gasteiger partial charge in [-0.2, -0.15) is 0 Å². The molecule has 0 aliphatic heterocycles. The summed E-state index contributed by atoms with van der Waals surface area (Å²) in [5.74, 6) is 0.827. The number of methoxy groups -OCH3 is 2. The van der Waals surface area contributed by atoms with E-state index in [1.54, 1.807) is 26.2 Å². The van der Waals surface area contributed by atoms with E-state index in [9.17, 15) is 13.2 Å². The predicted octanol–water partition coefficient (Wildman–Crippen LogP) is 3.21. The molecular weight excluding hydrogens is 432 g/mol. The highest BCUT2D eigenvalue weighted by atomic mass is 32.2. The Morgan fingerprint density at radius 2 is 1.75 bits per heavy atom. The van der Waals surface area contributed by atoms with Gasteiger partial charge in [0.05, 0.1) is 30.8 Å². The molecule has 0 saturated carbocycles. The molecule has 176 valence electrons. The van der Waals surface area contributed by atoms with Gasteiger partial charge in [0.2, 0.25) is 10.0 Å². The Labute approximate surface area is 190 Å². The van der Waals surface area contributed by atoms with E-state index in [-0.39, 0.29) is 41.7 Å². The minimum Gasteiger partial charge on any atom is -0.493 e. The molecule has 9 heteroatoms. The molecule has 0 aliphatic rings. The molecular formula is C23H32N2O6S. The summed E-state index contributed by atoms with van der Waals surface area (Å²) in [7, 11) is -0.699. The van der Waals surface area contributed by atoms with Crippen LogP contribution < -0.4 is 19.5 Å². The molecule has 0 saturated heterocycles. The summed E-state index contributed by atoms with van der Waals surface area (Å²) < 4.78 is 43.5. The summed E-state index contributed by atoms with van der Waals surface area (Å²) >= 11 is 0. The van der Waals surface area contributed by atoms with Gasteiger partial charge in [-0.05, 0) is 63.1 Å². The minimum atomic E-state index is -3.75. The molecule has 0 radical (unpaired) electrons. The highest BCUT2D eigenvalue weighted by Crippen LogP contribution is 2.31. The van der Waals surface area contributed by atoms with Crippen LogP contribution in [0.4, 0.5) is 0 Å². The standard InChI is InChI=1S/C23H32N2O6S/c1-15(2)31-21-10-8-18(13-22(21)30-6)17(4)25-23(26)20-14-19(9-7-16(20)3)32(27,28)24-11-12-29-5/h7-10,13-15,17,24H,11-12H2,1-6H3,(H,25,26). The first-order valence-corrected chi connectivity index (χ1v) is 11.8. The van der Waals surface area contributed by atoms with Crippen LogP contribution in [-0.4, -0.2) is 47.8 Å². The van der Waals surface area contributed by atoms with E-state index in [4.69, 9.17) is 14.2 Å². The topological polar surface area (TPSA) is 103 Å². The number of benzene rings is 2. The van der Waals surface area contributed by atoms with Crippen molar-refractivity contribution in [2.75, 3.05) is 27.4 Å². The maximum absolute atomic E-state index is 13.0. The summed E-state index contributed by atoms with van der Waals surface area (Å²) in [6, 6.07) is 9.61. The lowest BCUT2D eigenvalue weighted by Crippen LogP contribution is -2.29.